The van der Waals surface area contributed by atoms with E-state index in [2.05, 4.69) is 169 Å². The molecule has 0 aliphatic rings. The van der Waals surface area contributed by atoms with Gasteiger partial charge < -0.3 is 4.90 Å². The third-order valence-corrected chi connectivity index (χ3v) is 11.1. The summed E-state index contributed by atoms with van der Waals surface area (Å²) < 4.78 is 5.35. The molecule has 0 fully saturated rings. The van der Waals surface area contributed by atoms with Crippen LogP contribution in [0.4, 0.5) is 17.1 Å². The minimum absolute atomic E-state index is 1.13. The first-order valence-corrected chi connectivity index (χ1v) is 16.8. The number of thiophene rings is 2. The minimum atomic E-state index is 1.13. The van der Waals surface area contributed by atoms with Gasteiger partial charge in [0.15, 0.2) is 0 Å². The molecule has 45 heavy (non-hydrogen) atoms. The minimum Gasteiger partial charge on any atom is -0.311 e. The molecule has 0 atom stereocenters. The van der Waals surface area contributed by atoms with Crippen molar-refractivity contribution in [3.8, 4) is 22.3 Å². The van der Waals surface area contributed by atoms with Crippen molar-refractivity contribution in [1.82, 2.24) is 0 Å². The Bertz CT molecular complexity index is 2470. The van der Waals surface area contributed by atoms with Crippen LogP contribution in [0.3, 0.4) is 0 Å². The van der Waals surface area contributed by atoms with E-state index in [4.69, 9.17) is 0 Å². The number of nitrogens with zero attached hydrogens (tertiary/aromatic N) is 1. The standard InChI is InChI=1S/C42H27NS2/c1-2-9-31(10-3-1)43(32-22-17-28(18-23-32)30-21-26-41-38(27-30)36-12-5-6-15-39(36)44-41)33-24-19-29(20-25-33)34-13-8-14-37-35-11-4-7-16-40(35)45-42(34)37/h1-27H. The Kier molecular flexibility index (Phi) is 6.26. The van der Waals surface area contributed by atoms with E-state index in [9.17, 15) is 0 Å². The van der Waals surface area contributed by atoms with E-state index in [0.29, 0.717) is 0 Å². The number of anilines is 3. The summed E-state index contributed by atoms with van der Waals surface area (Å²) in [4.78, 5) is 2.34. The molecule has 1 nitrogen and oxygen atoms in total. The number of para-hydroxylation sites is 1. The fourth-order valence-corrected chi connectivity index (χ4v) is 8.82. The summed E-state index contributed by atoms with van der Waals surface area (Å²) in [6, 6.07) is 59.6. The Morgan fingerprint density at radius 3 is 1.60 bits per heavy atom. The van der Waals surface area contributed by atoms with Gasteiger partial charge in [-0.2, -0.15) is 0 Å². The molecule has 7 aromatic carbocycles. The molecule has 2 aromatic heterocycles. The van der Waals surface area contributed by atoms with Gasteiger partial charge in [-0.1, -0.05) is 103 Å². The molecule has 9 rings (SSSR count). The third-order valence-electron chi connectivity index (χ3n) is 8.69. The van der Waals surface area contributed by atoms with E-state index in [1.54, 1.807) is 0 Å². The second-order valence-corrected chi connectivity index (χ2v) is 13.5. The lowest BCUT2D eigenvalue weighted by Gasteiger charge is -2.26. The Morgan fingerprint density at radius 1 is 0.333 bits per heavy atom. The van der Waals surface area contributed by atoms with Crippen molar-refractivity contribution in [2.45, 2.75) is 0 Å². The van der Waals surface area contributed by atoms with E-state index < -0.39 is 0 Å². The van der Waals surface area contributed by atoms with Gasteiger partial charge in [0.05, 0.1) is 0 Å². The van der Waals surface area contributed by atoms with Gasteiger partial charge in [0.2, 0.25) is 0 Å². The summed E-state index contributed by atoms with van der Waals surface area (Å²) in [6.07, 6.45) is 0. The lowest BCUT2D eigenvalue weighted by Crippen LogP contribution is -2.09. The van der Waals surface area contributed by atoms with Crippen molar-refractivity contribution in [2.24, 2.45) is 0 Å². The molecule has 3 heteroatoms. The topological polar surface area (TPSA) is 3.24 Å². The lowest BCUT2D eigenvalue weighted by atomic mass is 10.0. The van der Waals surface area contributed by atoms with E-state index >= 15 is 0 Å². The van der Waals surface area contributed by atoms with Gasteiger partial charge in [-0.25, -0.2) is 0 Å². The fourth-order valence-electron chi connectivity index (χ4n) is 6.50. The van der Waals surface area contributed by atoms with Gasteiger partial charge in [-0.3, -0.25) is 0 Å². The van der Waals surface area contributed by atoms with Crippen LogP contribution in [-0.4, -0.2) is 0 Å². The Labute approximate surface area is 269 Å². The monoisotopic (exact) mass is 609 g/mol. The Morgan fingerprint density at radius 2 is 0.867 bits per heavy atom. The molecule has 0 radical (unpaired) electrons. The maximum Gasteiger partial charge on any atom is 0.0462 e. The van der Waals surface area contributed by atoms with Crippen LogP contribution in [0.1, 0.15) is 0 Å². The highest BCUT2D eigenvalue weighted by atomic mass is 32.1. The normalized spacial score (nSPS) is 11.6. The molecule has 0 unspecified atom stereocenters. The highest BCUT2D eigenvalue weighted by molar-refractivity contribution is 7.26. The average Bonchev–Trinajstić information content (AvgIpc) is 3.68. The van der Waals surface area contributed by atoms with Crippen LogP contribution < -0.4 is 4.90 Å². The fraction of sp³-hybridized carbons (Fsp3) is 0. The predicted molar refractivity (Wildman–Crippen MR) is 198 cm³/mol. The van der Waals surface area contributed by atoms with Crippen molar-refractivity contribution < 1.29 is 0 Å². The largest absolute Gasteiger partial charge is 0.311 e. The number of hydrogen-bond acceptors (Lipinski definition) is 3. The van der Waals surface area contributed by atoms with Gasteiger partial charge in [-0.05, 0) is 82.9 Å². The highest BCUT2D eigenvalue weighted by Gasteiger charge is 2.15. The Balaban J connectivity index is 1.09. The van der Waals surface area contributed by atoms with Crippen LogP contribution in [0.5, 0.6) is 0 Å². The zero-order valence-electron chi connectivity index (χ0n) is 24.4. The average molecular weight is 610 g/mol. The molecule has 0 aliphatic heterocycles. The molecule has 0 N–H and O–H groups in total. The van der Waals surface area contributed by atoms with E-state index in [1.807, 2.05) is 22.7 Å². The third kappa shape index (κ3) is 4.52. The van der Waals surface area contributed by atoms with Crippen LogP contribution in [0, 0.1) is 0 Å². The molecule has 2 heterocycles. The first-order valence-electron chi connectivity index (χ1n) is 15.2. The van der Waals surface area contributed by atoms with Gasteiger partial charge >= 0.3 is 0 Å². The number of hydrogen-bond donors (Lipinski definition) is 0. The molecule has 212 valence electrons. The van der Waals surface area contributed by atoms with Crippen molar-refractivity contribution >= 4 is 80.1 Å². The summed E-state index contributed by atoms with van der Waals surface area (Å²) >= 11 is 3.74. The molecule has 0 bridgehead atoms. The van der Waals surface area contributed by atoms with Crippen molar-refractivity contribution in [1.29, 1.82) is 0 Å². The van der Waals surface area contributed by atoms with Crippen molar-refractivity contribution in [3.63, 3.8) is 0 Å². The lowest BCUT2D eigenvalue weighted by molar-refractivity contribution is 1.28. The predicted octanol–water partition coefficient (Wildman–Crippen LogP) is 13.2. The summed E-state index contributed by atoms with van der Waals surface area (Å²) in [5.41, 5.74) is 8.37. The number of benzene rings is 7. The van der Waals surface area contributed by atoms with E-state index in [1.165, 1.54) is 62.6 Å². The van der Waals surface area contributed by atoms with Crippen LogP contribution in [0.15, 0.2) is 164 Å². The van der Waals surface area contributed by atoms with E-state index in [-0.39, 0.29) is 0 Å². The molecule has 0 spiro atoms. The second kappa shape index (κ2) is 10.7. The SMILES string of the molecule is c1ccc(N(c2ccc(-c3ccc4sc5ccccc5c4c3)cc2)c2ccc(-c3cccc4c3sc3ccccc34)cc2)cc1. The maximum absolute atomic E-state index is 2.34. The number of fused-ring (bicyclic) bond motifs is 6. The summed E-state index contributed by atoms with van der Waals surface area (Å²) in [7, 11) is 0. The quantitative estimate of drug-likeness (QED) is 0.188. The highest BCUT2D eigenvalue weighted by Crippen LogP contribution is 2.42. The molecule has 0 aliphatic carbocycles. The molecular formula is C42H27NS2. The maximum atomic E-state index is 2.34. The van der Waals surface area contributed by atoms with Crippen LogP contribution in [-0.2, 0) is 0 Å². The zero-order valence-corrected chi connectivity index (χ0v) is 26.0. The molecular weight excluding hydrogens is 583 g/mol. The van der Waals surface area contributed by atoms with Crippen LogP contribution in [0.2, 0.25) is 0 Å². The van der Waals surface area contributed by atoms with Gasteiger partial charge in [0, 0.05) is 57.4 Å². The van der Waals surface area contributed by atoms with Crippen LogP contribution >= 0.6 is 22.7 Å². The molecule has 9 aromatic rings. The summed E-state index contributed by atoms with van der Waals surface area (Å²) in [5.74, 6) is 0. The first-order chi connectivity index (χ1) is 22.3. The second-order valence-electron chi connectivity index (χ2n) is 11.4. The van der Waals surface area contributed by atoms with Gasteiger partial charge in [0.1, 0.15) is 0 Å². The van der Waals surface area contributed by atoms with E-state index in [0.717, 1.165) is 17.1 Å². The van der Waals surface area contributed by atoms with Gasteiger partial charge in [-0.15, -0.1) is 22.7 Å². The van der Waals surface area contributed by atoms with Crippen molar-refractivity contribution in [3.05, 3.63) is 164 Å². The zero-order chi connectivity index (χ0) is 29.7. The Hall–Kier alpha value is -5.22. The summed E-state index contributed by atoms with van der Waals surface area (Å²) in [5, 5.41) is 5.32. The molecule has 0 saturated carbocycles. The summed E-state index contributed by atoms with van der Waals surface area (Å²) in [6.45, 7) is 0. The smallest absolute Gasteiger partial charge is 0.0462 e. The first kappa shape index (κ1) is 26.2. The van der Waals surface area contributed by atoms with Crippen LogP contribution in [0.25, 0.3) is 62.6 Å². The number of rotatable bonds is 5. The van der Waals surface area contributed by atoms with Crippen molar-refractivity contribution in [2.75, 3.05) is 4.90 Å². The molecule has 0 amide bonds. The van der Waals surface area contributed by atoms with Gasteiger partial charge in [0.25, 0.3) is 0 Å². The molecule has 0 saturated heterocycles.